The van der Waals surface area contributed by atoms with Crippen LogP contribution in [0.15, 0.2) is 0 Å². The highest BCUT2D eigenvalue weighted by Crippen LogP contribution is 2.22. The van der Waals surface area contributed by atoms with E-state index in [1.807, 2.05) is 0 Å². The zero-order valence-electron chi connectivity index (χ0n) is 4.18. The summed E-state index contributed by atoms with van der Waals surface area (Å²) in [4.78, 5) is 0. The van der Waals surface area contributed by atoms with Crippen LogP contribution < -0.4 is 5.32 Å². The number of piperidine rings is 1. The molecule has 2 nitrogen and oxygen atoms in total. The molecule has 0 aromatic rings. The van der Waals surface area contributed by atoms with E-state index in [1.54, 1.807) is 0 Å². The Hall–Kier alpha value is -0.0800. The lowest BCUT2D eigenvalue weighted by Gasteiger charge is -2.41. The minimum Gasteiger partial charge on any atom is -0.372 e. The first-order chi connectivity index (χ1) is 3.45. The largest absolute Gasteiger partial charge is 0.372 e. The topological polar surface area (TPSA) is 21.3 Å². The Morgan fingerprint density at radius 2 is 1.86 bits per heavy atom. The first kappa shape index (κ1) is 3.87. The number of fused-ring (bicyclic) bond motifs is 2. The molecule has 0 aromatic carbocycles. The predicted octanol–water partition coefficient (Wildman–Crippen LogP) is -0.253. The van der Waals surface area contributed by atoms with E-state index in [2.05, 4.69) is 5.32 Å². The highest BCUT2D eigenvalue weighted by Gasteiger charge is 2.33. The fraction of sp³-hybridized carbons (Fsp3) is 1.00. The van der Waals surface area contributed by atoms with Crippen LogP contribution in [0.1, 0.15) is 6.42 Å². The van der Waals surface area contributed by atoms with E-state index in [-0.39, 0.29) is 0 Å². The van der Waals surface area contributed by atoms with Crippen molar-refractivity contribution in [3.05, 3.63) is 0 Å². The van der Waals surface area contributed by atoms with Crippen LogP contribution in [-0.2, 0) is 4.74 Å². The zero-order chi connectivity index (χ0) is 4.69. The van der Waals surface area contributed by atoms with Crippen LogP contribution in [0.2, 0.25) is 0 Å². The summed E-state index contributed by atoms with van der Waals surface area (Å²) in [7, 11) is 0. The molecular weight excluding hydrogens is 90.1 g/mol. The van der Waals surface area contributed by atoms with Gasteiger partial charge in [0.1, 0.15) is 0 Å². The zero-order valence-corrected chi connectivity index (χ0v) is 4.18. The van der Waals surface area contributed by atoms with Crippen LogP contribution >= 0.6 is 0 Å². The molecule has 3 saturated heterocycles. The third-order valence-corrected chi connectivity index (χ3v) is 1.65. The van der Waals surface area contributed by atoms with Crippen LogP contribution in [-0.4, -0.2) is 25.3 Å². The molecule has 0 aromatic heterocycles. The van der Waals surface area contributed by atoms with Crippen molar-refractivity contribution in [3.8, 4) is 0 Å². The van der Waals surface area contributed by atoms with E-state index in [0.717, 1.165) is 13.1 Å². The summed E-state index contributed by atoms with van der Waals surface area (Å²) < 4.78 is 5.31. The molecular formula is C5H9NO. The fourth-order valence-corrected chi connectivity index (χ4v) is 1.22. The molecule has 2 atom stereocenters. The maximum Gasteiger partial charge on any atom is 0.0729 e. The van der Waals surface area contributed by atoms with Crippen molar-refractivity contribution in [2.75, 3.05) is 13.1 Å². The molecule has 3 heterocycles. The maximum atomic E-state index is 5.31. The molecule has 2 heteroatoms. The summed E-state index contributed by atoms with van der Waals surface area (Å²) in [5.74, 6) is 0. The van der Waals surface area contributed by atoms with E-state index in [4.69, 9.17) is 4.74 Å². The van der Waals surface area contributed by atoms with Gasteiger partial charge in [0.15, 0.2) is 0 Å². The number of rotatable bonds is 0. The van der Waals surface area contributed by atoms with Gasteiger partial charge in [0, 0.05) is 19.5 Å². The van der Waals surface area contributed by atoms with Gasteiger partial charge in [-0.25, -0.2) is 0 Å². The first-order valence-corrected chi connectivity index (χ1v) is 2.81. The molecule has 3 aliphatic rings. The normalized spacial score (nSPS) is 48.0. The molecule has 0 radical (unpaired) electrons. The number of nitrogens with one attached hydrogen (secondary N) is 1. The van der Waals surface area contributed by atoms with Gasteiger partial charge in [-0.1, -0.05) is 0 Å². The molecule has 7 heavy (non-hydrogen) atoms. The highest BCUT2D eigenvalue weighted by atomic mass is 16.5. The van der Waals surface area contributed by atoms with Gasteiger partial charge in [0.2, 0.25) is 0 Å². The molecule has 0 aliphatic carbocycles. The second kappa shape index (κ2) is 1.20. The van der Waals surface area contributed by atoms with Crippen molar-refractivity contribution in [2.24, 2.45) is 0 Å². The van der Waals surface area contributed by atoms with E-state index in [9.17, 15) is 0 Å². The summed E-state index contributed by atoms with van der Waals surface area (Å²) in [6.45, 7) is 2.16. The minimum atomic E-state index is 0.568. The lowest BCUT2D eigenvalue weighted by molar-refractivity contribution is -0.143. The molecule has 40 valence electrons. The van der Waals surface area contributed by atoms with Gasteiger partial charge in [-0.2, -0.15) is 0 Å². The molecule has 1 N–H and O–H groups in total. The summed E-state index contributed by atoms with van der Waals surface area (Å²) in [5.41, 5.74) is 0. The van der Waals surface area contributed by atoms with E-state index >= 15 is 0 Å². The number of ether oxygens (including phenoxy) is 1. The maximum absolute atomic E-state index is 5.31. The van der Waals surface area contributed by atoms with Crippen molar-refractivity contribution in [3.63, 3.8) is 0 Å². The predicted molar refractivity (Wildman–Crippen MR) is 26.1 cm³/mol. The molecule has 3 aliphatic heterocycles. The van der Waals surface area contributed by atoms with Crippen molar-refractivity contribution in [2.45, 2.75) is 18.6 Å². The second-order valence-electron chi connectivity index (χ2n) is 2.27. The Kier molecular flexibility index (Phi) is 0.664. The average Bonchev–Trinajstić information content (AvgIpc) is 1.67. The van der Waals surface area contributed by atoms with E-state index in [1.165, 1.54) is 6.42 Å². The van der Waals surface area contributed by atoms with Gasteiger partial charge in [-0.15, -0.1) is 0 Å². The van der Waals surface area contributed by atoms with Gasteiger partial charge in [0.25, 0.3) is 0 Å². The Morgan fingerprint density at radius 1 is 1.29 bits per heavy atom. The van der Waals surface area contributed by atoms with E-state index < -0.39 is 0 Å². The van der Waals surface area contributed by atoms with Crippen LogP contribution in [0.25, 0.3) is 0 Å². The minimum absolute atomic E-state index is 0.568. The Bertz CT molecular complexity index is 64.6. The molecule has 3 fully saturated rings. The van der Waals surface area contributed by atoms with Crippen molar-refractivity contribution in [1.82, 2.24) is 5.32 Å². The lowest BCUT2D eigenvalue weighted by atomic mass is 10.0. The first-order valence-electron chi connectivity index (χ1n) is 2.81. The summed E-state index contributed by atoms with van der Waals surface area (Å²) in [6, 6.07) is 0. The summed E-state index contributed by atoms with van der Waals surface area (Å²) in [6.07, 6.45) is 2.44. The Labute approximate surface area is 42.9 Å². The van der Waals surface area contributed by atoms with Gasteiger partial charge in [0.05, 0.1) is 12.2 Å². The lowest BCUT2D eigenvalue weighted by Crippen LogP contribution is -2.55. The standard InChI is InChI=1S/C5H9NO/c1-4-2-6-3-5(1)7-4/h4-6H,1-3H2/t4-,5-/m1/s1. The van der Waals surface area contributed by atoms with Crippen molar-refractivity contribution in [1.29, 1.82) is 0 Å². The molecule has 0 saturated carbocycles. The monoisotopic (exact) mass is 99.1 g/mol. The molecule has 2 bridgehead atoms. The molecule has 3 rings (SSSR count). The van der Waals surface area contributed by atoms with Crippen LogP contribution in [0.3, 0.4) is 0 Å². The third kappa shape index (κ3) is 0.469. The van der Waals surface area contributed by atoms with Crippen LogP contribution in [0.4, 0.5) is 0 Å². The molecule has 0 unspecified atom stereocenters. The highest BCUT2D eigenvalue weighted by molar-refractivity contribution is 4.86. The SMILES string of the molecule is C1NC[C@H]2C[C@H]1O2. The smallest absolute Gasteiger partial charge is 0.0729 e. The summed E-state index contributed by atoms with van der Waals surface area (Å²) >= 11 is 0. The van der Waals surface area contributed by atoms with Crippen LogP contribution in [0.5, 0.6) is 0 Å². The number of hydrogen-bond donors (Lipinski definition) is 1. The Balaban J connectivity index is 1.99. The molecule has 0 amide bonds. The fourth-order valence-electron chi connectivity index (χ4n) is 1.22. The van der Waals surface area contributed by atoms with Crippen LogP contribution in [0, 0.1) is 0 Å². The van der Waals surface area contributed by atoms with Crippen molar-refractivity contribution < 1.29 is 4.74 Å². The van der Waals surface area contributed by atoms with E-state index in [0.29, 0.717) is 12.2 Å². The summed E-state index contributed by atoms with van der Waals surface area (Å²) in [5, 5.41) is 3.26. The van der Waals surface area contributed by atoms with Gasteiger partial charge in [-0.3, -0.25) is 0 Å². The van der Waals surface area contributed by atoms with Gasteiger partial charge < -0.3 is 10.1 Å². The molecule has 0 spiro atoms. The number of hydrogen-bond acceptors (Lipinski definition) is 2. The third-order valence-electron chi connectivity index (χ3n) is 1.65. The second-order valence-corrected chi connectivity index (χ2v) is 2.27. The quantitative estimate of drug-likeness (QED) is 0.452. The van der Waals surface area contributed by atoms with Gasteiger partial charge in [-0.05, 0) is 0 Å². The number of morpholine rings is 1. The Morgan fingerprint density at radius 3 is 2.00 bits per heavy atom. The average molecular weight is 99.1 g/mol. The van der Waals surface area contributed by atoms with Crippen molar-refractivity contribution >= 4 is 0 Å². The van der Waals surface area contributed by atoms with Gasteiger partial charge >= 0.3 is 0 Å².